The van der Waals surface area contributed by atoms with Gasteiger partial charge in [0.05, 0.1) is 0 Å². The Balaban J connectivity index is 2.23. The molecular formula is C18H23NO. The Bertz CT molecular complexity index is 577. The van der Waals surface area contributed by atoms with Crippen LogP contribution >= 0.6 is 0 Å². The molecule has 0 fully saturated rings. The molecule has 2 aromatic rings. The van der Waals surface area contributed by atoms with Crippen LogP contribution in [-0.4, -0.2) is 6.04 Å². The van der Waals surface area contributed by atoms with Gasteiger partial charge in [0.15, 0.2) is 0 Å². The monoisotopic (exact) mass is 269 g/mol. The SMILES string of the molecule is CCC(N)Cc1ccc(C)c(Oc2ccccc2C)c1. The Morgan fingerprint density at radius 2 is 1.70 bits per heavy atom. The number of benzene rings is 2. The average Bonchev–Trinajstić information content (AvgIpc) is 2.44. The van der Waals surface area contributed by atoms with Gasteiger partial charge in [-0.3, -0.25) is 0 Å². The van der Waals surface area contributed by atoms with Crippen LogP contribution in [-0.2, 0) is 6.42 Å². The third kappa shape index (κ3) is 3.61. The summed E-state index contributed by atoms with van der Waals surface area (Å²) < 4.78 is 6.05. The van der Waals surface area contributed by atoms with Gasteiger partial charge in [-0.05, 0) is 55.5 Å². The maximum Gasteiger partial charge on any atom is 0.130 e. The lowest BCUT2D eigenvalue weighted by Crippen LogP contribution is -2.21. The molecule has 0 aliphatic heterocycles. The lowest BCUT2D eigenvalue weighted by atomic mass is 10.0. The Hall–Kier alpha value is -1.80. The van der Waals surface area contributed by atoms with Gasteiger partial charge in [-0.15, -0.1) is 0 Å². The summed E-state index contributed by atoms with van der Waals surface area (Å²) in [5, 5.41) is 0. The Morgan fingerprint density at radius 3 is 2.40 bits per heavy atom. The highest BCUT2D eigenvalue weighted by Crippen LogP contribution is 2.28. The smallest absolute Gasteiger partial charge is 0.130 e. The molecule has 0 aromatic heterocycles. The standard InChI is InChI=1S/C18H23NO/c1-4-16(19)11-15-10-9-14(3)18(12-15)20-17-8-6-5-7-13(17)2/h5-10,12,16H,4,11,19H2,1-3H3. The minimum atomic E-state index is 0.212. The van der Waals surface area contributed by atoms with Crippen LogP contribution < -0.4 is 10.5 Å². The van der Waals surface area contributed by atoms with E-state index in [4.69, 9.17) is 10.5 Å². The maximum atomic E-state index is 6.05. The second-order valence-corrected chi connectivity index (χ2v) is 5.34. The Kier molecular flexibility index (Phi) is 4.80. The lowest BCUT2D eigenvalue weighted by molar-refractivity contribution is 0.474. The van der Waals surface area contributed by atoms with Crippen LogP contribution in [0, 0.1) is 13.8 Å². The van der Waals surface area contributed by atoms with Crippen LogP contribution in [0.2, 0.25) is 0 Å². The topological polar surface area (TPSA) is 35.2 Å². The second-order valence-electron chi connectivity index (χ2n) is 5.34. The van der Waals surface area contributed by atoms with Crippen molar-refractivity contribution in [3.05, 3.63) is 59.2 Å². The van der Waals surface area contributed by atoms with Gasteiger partial charge in [0.2, 0.25) is 0 Å². The summed E-state index contributed by atoms with van der Waals surface area (Å²) in [6, 6.07) is 14.6. The quantitative estimate of drug-likeness (QED) is 0.874. The molecule has 2 aromatic carbocycles. The highest BCUT2D eigenvalue weighted by molar-refractivity contribution is 5.42. The number of ether oxygens (including phenoxy) is 1. The normalized spacial score (nSPS) is 12.2. The van der Waals surface area contributed by atoms with Crippen molar-refractivity contribution in [1.29, 1.82) is 0 Å². The molecule has 2 heteroatoms. The highest BCUT2D eigenvalue weighted by Gasteiger charge is 2.07. The van der Waals surface area contributed by atoms with Crippen molar-refractivity contribution < 1.29 is 4.74 Å². The van der Waals surface area contributed by atoms with E-state index in [1.54, 1.807) is 0 Å². The van der Waals surface area contributed by atoms with Crippen molar-refractivity contribution in [2.24, 2.45) is 5.73 Å². The van der Waals surface area contributed by atoms with E-state index in [-0.39, 0.29) is 6.04 Å². The summed E-state index contributed by atoms with van der Waals surface area (Å²) in [6.45, 7) is 6.24. The van der Waals surface area contributed by atoms with Crippen molar-refractivity contribution in [1.82, 2.24) is 0 Å². The zero-order valence-electron chi connectivity index (χ0n) is 12.5. The number of aryl methyl sites for hydroxylation is 2. The molecule has 106 valence electrons. The van der Waals surface area contributed by atoms with Crippen LogP contribution in [0.4, 0.5) is 0 Å². The van der Waals surface area contributed by atoms with E-state index < -0.39 is 0 Å². The zero-order chi connectivity index (χ0) is 14.5. The number of rotatable bonds is 5. The number of nitrogens with two attached hydrogens (primary N) is 1. The van der Waals surface area contributed by atoms with E-state index in [1.807, 2.05) is 18.2 Å². The molecule has 0 radical (unpaired) electrons. The van der Waals surface area contributed by atoms with Gasteiger partial charge in [-0.25, -0.2) is 0 Å². The summed E-state index contributed by atoms with van der Waals surface area (Å²) in [7, 11) is 0. The minimum Gasteiger partial charge on any atom is -0.457 e. The third-order valence-electron chi connectivity index (χ3n) is 3.59. The summed E-state index contributed by atoms with van der Waals surface area (Å²) in [5.74, 6) is 1.83. The molecule has 0 saturated heterocycles. The van der Waals surface area contributed by atoms with E-state index in [2.05, 4.69) is 45.0 Å². The molecule has 0 aliphatic carbocycles. The molecule has 2 nitrogen and oxygen atoms in total. The van der Waals surface area contributed by atoms with E-state index in [9.17, 15) is 0 Å². The molecule has 2 rings (SSSR count). The van der Waals surface area contributed by atoms with E-state index in [0.717, 1.165) is 35.5 Å². The van der Waals surface area contributed by atoms with Gasteiger partial charge in [0.1, 0.15) is 11.5 Å². The first-order valence-corrected chi connectivity index (χ1v) is 7.18. The van der Waals surface area contributed by atoms with Crippen LogP contribution in [0.5, 0.6) is 11.5 Å². The van der Waals surface area contributed by atoms with Crippen LogP contribution in [0.15, 0.2) is 42.5 Å². The predicted octanol–water partition coefficient (Wildman–Crippen LogP) is 4.38. The van der Waals surface area contributed by atoms with Gasteiger partial charge >= 0.3 is 0 Å². The Morgan fingerprint density at radius 1 is 1.00 bits per heavy atom. The molecule has 0 amide bonds. The molecule has 0 saturated carbocycles. The molecule has 1 unspecified atom stereocenters. The van der Waals surface area contributed by atoms with Gasteiger partial charge in [-0.1, -0.05) is 37.3 Å². The average molecular weight is 269 g/mol. The largest absolute Gasteiger partial charge is 0.457 e. The summed E-state index contributed by atoms with van der Waals surface area (Å²) >= 11 is 0. The summed E-state index contributed by atoms with van der Waals surface area (Å²) in [4.78, 5) is 0. The van der Waals surface area contributed by atoms with E-state index >= 15 is 0 Å². The van der Waals surface area contributed by atoms with Crippen molar-refractivity contribution in [3.8, 4) is 11.5 Å². The summed E-state index contributed by atoms with van der Waals surface area (Å²) in [5.41, 5.74) is 9.54. The maximum absolute atomic E-state index is 6.05. The van der Waals surface area contributed by atoms with Crippen molar-refractivity contribution in [2.75, 3.05) is 0 Å². The molecule has 2 N–H and O–H groups in total. The molecule has 0 bridgehead atoms. The van der Waals surface area contributed by atoms with Gasteiger partial charge in [0, 0.05) is 6.04 Å². The molecule has 0 aliphatic rings. The Labute approximate surface area is 121 Å². The number of hydrogen-bond donors (Lipinski definition) is 1. The van der Waals surface area contributed by atoms with Crippen LogP contribution in [0.25, 0.3) is 0 Å². The van der Waals surface area contributed by atoms with E-state index in [1.165, 1.54) is 5.56 Å². The van der Waals surface area contributed by atoms with E-state index in [0.29, 0.717) is 0 Å². The fourth-order valence-electron chi connectivity index (χ4n) is 2.12. The molecule has 0 spiro atoms. The fourth-order valence-corrected chi connectivity index (χ4v) is 2.12. The van der Waals surface area contributed by atoms with Crippen LogP contribution in [0.3, 0.4) is 0 Å². The third-order valence-corrected chi connectivity index (χ3v) is 3.59. The fraction of sp³-hybridized carbons (Fsp3) is 0.333. The van der Waals surface area contributed by atoms with Gasteiger partial charge in [-0.2, -0.15) is 0 Å². The van der Waals surface area contributed by atoms with Gasteiger partial charge in [0.25, 0.3) is 0 Å². The van der Waals surface area contributed by atoms with Crippen molar-refractivity contribution >= 4 is 0 Å². The van der Waals surface area contributed by atoms with Crippen molar-refractivity contribution in [2.45, 2.75) is 39.7 Å². The first-order valence-electron chi connectivity index (χ1n) is 7.18. The predicted molar refractivity (Wildman–Crippen MR) is 84.4 cm³/mol. The molecule has 20 heavy (non-hydrogen) atoms. The van der Waals surface area contributed by atoms with Crippen LogP contribution in [0.1, 0.15) is 30.0 Å². The zero-order valence-corrected chi connectivity index (χ0v) is 12.5. The number of hydrogen-bond acceptors (Lipinski definition) is 2. The lowest BCUT2D eigenvalue weighted by Gasteiger charge is -2.14. The first kappa shape index (κ1) is 14.6. The highest BCUT2D eigenvalue weighted by atomic mass is 16.5. The molecule has 1 atom stereocenters. The number of para-hydroxylation sites is 1. The van der Waals surface area contributed by atoms with Crippen molar-refractivity contribution in [3.63, 3.8) is 0 Å². The second kappa shape index (κ2) is 6.58. The minimum absolute atomic E-state index is 0.212. The molecule has 0 heterocycles. The summed E-state index contributed by atoms with van der Waals surface area (Å²) in [6.07, 6.45) is 1.88. The van der Waals surface area contributed by atoms with Gasteiger partial charge < -0.3 is 10.5 Å². The first-order chi connectivity index (χ1) is 9.60. The molecular weight excluding hydrogens is 246 g/mol.